The first kappa shape index (κ1) is 21.7. The summed E-state index contributed by atoms with van der Waals surface area (Å²) < 4.78 is 25.4. The second-order valence-electron chi connectivity index (χ2n) is 7.19. The first-order valence-corrected chi connectivity index (χ1v) is 12.6. The molecule has 0 bridgehead atoms. The van der Waals surface area contributed by atoms with E-state index in [-0.39, 0.29) is 12.5 Å². The van der Waals surface area contributed by atoms with Crippen LogP contribution in [0, 0.1) is 0 Å². The summed E-state index contributed by atoms with van der Waals surface area (Å²) in [5, 5.41) is 3.71. The maximum atomic E-state index is 13.1. The molecular weight excluding hydrogens is 442 g/mol. The van der Waals surface area contributed by atoms with E-state index in [0.29, 0.717) is 16.3 Å². The van der Waals surface area contributed by atoms with E-state index >= 15 is 0 Å². The minimum atomic E-state index is -3.37. The molecule has 4 rings (SSSR count). The summed E-state index contributed by atoms with van der Waals surface area (Å²) in [5.41, 5.74) is 3.69. The molecule has 0 aliphatic heterocycles. The molecule has 4 aromatic rings. The average molecular weight is 464 g/mol. The van der Waals surface area contributed by atoms with Crippen LogP contribution < -0.4 is 10.0 Å². The molecule has 1 aromatic heterocycles. The number of hydrogen-bond donors (Lipinski definition) is 2. The van der Waals surface area contributed by atoms with Gasteiger partial charge >= 0.3 is 0 Å². The lowest BCUT2D eigenvalue weighted by Gasteiger charge is -2.08. The molecule has 8 heteroatoms. The van der Waals surface area contributed by atoms with Crippen molar-refractivity contribution in [3.05, 3.63) is 95.4 Å². The average Bonchev–Trinajstić information content (AvgIpc) is 3.23. The van der Waals surface area contributed by atoms with Gasteiger partial charge in [-0.15, -0.1) is 11.3 Å². The van der Waals surface area contributed by atoms with Crippen LogP contribution in [0.5, 0.6) is 0 Å². The molecule has 0 saturated heterocycles. The van der Waals surface area contributed by atoms with Crippen LogP contribution in [0.15, 0.2) is 84.9 Å². The Kier molecular flexibility index (Phi) is 6.34. The number of anilines is 1. The van der Waals surface area contributed by atoms with Gasteiger partial charge in [0.25, 0.3) is 5.91 Å². The van der Waals surface area contributed by atoms with Crippen LogP contribution in [0.4, 0.5) is 5.69 Å². The summed E-state index contributed by atoms with van der Waals surface area (Å²) in [6.45, 7) is 0.255. The molecule has 2 N–H and O–H groups in total. The Labute approximate surface area is 191 Å². The van der Waals surface area contributed by atoms with Crippen molar-refractivity contribution >= 4 is 33.0 Å². The number of rotatable bonds is 7. The fourth-order valence-corrected chi connectivity index (χ4v) is 4.76. The Balaban J connectivity index is 1.59. The Morgan fingerprint density at radius 2 is 1.56 bits per heavy atom. The first-order chi connectivity index (χ1) is 15.4. The van der Waals surface area contributed by atoms with Gasteiger partial charge in [0.2, 0.25) is 10.0 Å². The van der Waals surface area contributed by atoms with Crippen molar-refractivity contribution in [1.82, 2.24) is 10.3 Å². The van der Waals surface area contributed by atoms with E-state index in [1.54, 1.807) is 18.2 Å². The van der Waals surface area contributed by atoms with Crippen molar-refractivity contribution in [3.63, 3.8) is 0 Å². The minimum absolute atomic E-state index is 0.231. The summed E-state index contributed by atoms with van der Waals surface area (Å²) in [6, 6.07) is 26.3. The van der Waals surface area contributed by atoms with Crippen LogP contribution in [-0.4, -0.2) is 25.6 Å². The lowest BCUT2D eigenvalue weighted by atomic mass is 10.1. The zero-order valence-electron chi connectivity index (χ0n) is 17.3. The molecule has 0 aliphatic carbocycles. The maximum absolute atomic E-state index is 13.1. The normalized spacial score (nSPS) is 11.2. The second-order valence-corrected chi connectivity index (χ2v) is 9.93. The van der Waals surface area contributed by atoms with E-state index in [2.05, 4.69) is 10.0 Å². The zero-order chi connectivity index (χ0) is 22.6. The smallest absolute Gasteiger partial charge is 0.263 e. The van der Waals surface area contributed by atoms with Crippen LogP contribution in [0.3, 0.4) is 0 Å². The number of sulfonamides is 1. The van der Waals surface area contributed by atoms with Gasteiger partial charge in [-0.25, -0.2) is 13.4 Å². The van der Waals surface area contributed by atoms with Gasteiger partial charge in [0, 0.05) is 23.4 Å². The molecule has 6 nitrogen and oxygen atoms in total. The Bertz CT molecular complexity index is 1340. The number of nitrogens with one attached hydrogen (secondary N) is 2. The number of benzene rings is 3. The third kappa shape index (κ3) is 5.40. The highest BCUT2D eigenvalue weighted by Crippen LogP contribution is 2.33. The highest BCUT2D eigenvalue weighted by molar-refractivity contribution is 7.92. The molecule has 0 spiro atoms. The van der Waals surface area contributed by atoms with E-state index in [9.17, 15) is 13.2 Å². The number of aromatic nitrogens is 1. The van der Waals surface area contributed by atoms with Gasteiger partial charge in [0.05, 0.1) is 11.9 Å². The summed E-state index contributed by atoms with van der Waals surface area (Å²) >= 11 is 1.35. The second kappa shape index (κ2) is 9.33. The number of nitrogens with zero attached hydrogens (tertiary/aromatic N) is 1. The van der Waals surface area contributed by atoms with E-state index in [1.807, 2.05) is 66.7 Å². The Morgan fingerprint density at radius 1 is 0.906 bits per heavy atom. The number of thiazole rings is 1. The quantitative estimate of drug-likeness (QED) is 0.413. The summed E-state index contributed by atoms with van der Waals surface area (Å²) in [5.74, 6) is -0.231. The van der Waals surface area contributed by atoms with Gasteiger partial charge < -0.3 is 5.32 Å². The molecule has 0 saturated carbocycles. The number of amides is 1. The molecule has 0 atom stereocenters. The van der Waals surface area contributed by atoms with Gasteiger partial charge in [-0.3, -0.25) is 9.52 Å². The van der Waals surface area contributed by atoms with Gasteiger partial charge in [0.1, 0.15) is 9.88 Å². The predicted molar refractivity (Wildman–Crippen MR) is 129 cm³/mol. The minimum Gasteiger partial charge on any atom is -0.347 e. The van der Waals surface area contributed by atoms with Crippen LogP contribution in [0.1, 0.15) is 15.2 Å². The number of hydrogen-bond acceptors (Lipinski definition) is 5. The topological polar surface area (TPSA) is 88.2 Å². The maximum Gasteiger partial charge on any atom is 0.263 e. The van der Waals surface area contributed by atoms with E-state index in [4.69, 9.17) is 4.98 Å². The third-order valence-corrected chi connectivity index (χ3v) is 6.29. The molecular formula is C24H21N3O3S2. The molecule has 1 amide bonds. The molecule has 162 valence electrons. The van der Waals surface area contributed by atoms with E-state index < -0.39 is 10.0 Å². The van der Waals surface area contributed by atoms with Gasteiger partial charge in [-0.2, -0.15) is 0 Å². The van der Waals surface area contributed by atoms with Crippen LogP contribution >= 0.6 is 11.3 Å². The van der Waals surface area contributed by atoms with Crippen molar-refractivity contribution in [1.29, 1.82) is 0 Å². The van der Waals surface area contributed by atoms with Crippen LogP contribution in [0.25, 0.3) is 21.8 Å². The fourth-order valence-electron chi connectivity index (χ4n) is 3.19. The summed E-state index contributed by atoms with van der Waals surface area (Å²) in [7, 11) is -3.37. The SMILES string of the molecule is CS(=O)(=O)Nc1cccc(CNC(=O)c2sc(-c3ccccc3)nc2-c2ccccc2)c1. The molecule has 0 radical (unpaired) electrons. The van der Waals surface area contributed by atoms with E-state index in [0.717, 1.165) is 28.0 Å². The Morgan fingerprint density at radius 3 is 2.22 bits per heavy atom. The van der Waals surface area contributed by atoms with Gasteiger partial charge in [0.15, 0.2) is 0 Å². The molecule has 0 unspecified atom stereocenters. The monoisotopic (exact) mass is 463 g/mol. The van der Waals surface area contributed by atoms with Gasteiger partial charge in [-0.1, -0.05) is 72.8 Å². The molecule has 1 heterocycles. The molecule has 0 fully saturated rings. The number of carbonyl (C=O) groups excluding carboxylic acids is 1. The van der Waals surface area contributed by atoms with Crippen molar-refractivity contribution in [3.8, 4) is 21.8 Å². The van der Waals surface area contributed by atoms with Crippen molar-refractivity contribution in [2.75, 3.05) is 11.0 Å². The molecule has 3 aromatic carbocycles. The summed E-state index contributed by atoms with van der Waals surface area (Å²) in [4.78, 5) is 18.4. The van der Waals surface area contributed by atoms with Crippen molar-refractivity contribution in [2.45, 2.75) is 6.54 Å². The number of carbonyl (C=O) groups is 1. The van der Waals surface area contributed by atoms with Crippen LogP contribution in [-0.2, 0) is 16.6 Å². The first-order valence-electron chi connectivity index (χ1n) is 9.86. The van der Waals surface area contributed by atoms with E-state index in [1.165, 1.54) is 11.3 Å². The van der Waals surface area contributed by atoms with Gasteiger partial charge in [-0.05, 0) is 17.7 Å². The summed E-state index contributed by atoms with van der Waals surface area (Å²) in [6.07, 6.45) is 1.10. The third-order valence-electron chi connectivity index (χ3n) is 4.58. The fraction of sp³-hybridized carbons (Fsp3) is 0.0833. The van der Waals surface area contributed by atoms with Crippen LogP contribution in [0.2, 0.25) is 0 Å². The zero-order valence-corrected chi connectivity index (χ0v) is 18.9. The van der Waals surface area contributed by atoms with Crippen molar-refractivity contribution < 1.29 is 13.2 Å². The Hall–Kier alpha value is -3.49. The standard InChI is InChI=1S/C24H21N3O3S2/c1-32(29,30)27-20-14-8-9-17(15-20)16-25-23(28)22-21(18-10-4-2-5-11-18)26-24(31-22)19-12-6-3-7-13-19/h2-15,27H,16H2,1H3,(H,25,28). The highest BCUT2D eigenvalue weighted by atomic mass is 32.2. The molecule has 32 heavy (non-hydrogen) atoms. The largest absolute Gasteiger partial charge is 0.347 e. The molecule has 0 aliphatic rings. The highest BCUT2D eigenvalue weighted by Gasteiger charge is 2.20. The lowest BCUT2D eigenvalue weighted by molar-refractivity contribution is 0.0955. The predicted octanol–water partition coefficient (Wildman–Crippen LogP) is 4.78. The van der Waals surface area contributed by atoms with Crippen molar-refractivity contribution in [2.24, 2.45) is 0 Å². The lowest BCUT2D eigenvalue weighted by Crippen LogP contribution is -2.22.